The number of rotatable bonds is 7. The number of Topliss-reactive ketones (excluding diaryl/α,β-unsaturated/α-hetero) is 1. The Hall–Kier alpha value is -3.55. The van der Waals surface area contributed by atoms with Gasteiger partial charge in [-0.05, 0) is 51.1 Å². The minimum atomic E-state index is -0.613. The summed E-state index contributed by atoms with van der Waals surface area (Å²) in [6.07, 6.45) is 1.66. The molecule has 2 aromatic heterocycles. The standard InChI is InChI=1S/C23H26N4O4/c1-13(2)22(29)26-18-8-6-16(7-9-18)20(28)12-31-23(30)19-10-17-11-24-27(14(3)4)21(17)25-15(19)5/h6-11,13-14H,12H2,1-5H3,(H,26,29). The highest BCUT2D eigenvalue weighted by molar-refractivity contribution is 6.01. The van der Waals surface area contributed by atoms with E-state index in [1.807, 2.05) is 13.8 Å². The minimum absolute atomic E-state index is 0.104. The maximum absolute atomic E-state index is 12.5. The highest BCUT2D eigenvalue weighted by Crippen LogP contribution is 2.20. The van der Waals surface area contributed by atoms with Crippen LogP contribution in [0.5, 0.6) is 0 Å². The number of aromatic nitrogens is 3. The first-order valence-electron chi connectivity index (χ1n) is 10.1. The Morgan fingerprint density at radius 1 is 1.10 bits per heavy atom. The third-order valence-electron chi connectivity index (χ3n) is 4.80. The Morgan fingerprint density at radius 2 is 1.77 bits per heavy atom. The summed E-state index contributed by atoms with van der Waals surface area (Å²) < 4.78 is 7.02. The van der Waals surface area contributed by atoms with E-state index in [1.54, 1.807) is 62.0 Å². The van der Waals surface area contributed by atoms with Crippen LogP contribution in [0.1, 0.15) is 60.1 Å². The van der Waals surface area contributed by atoms with Gasteiger partial charge in [0.25, 0.3) is 0 Å². The number of hydrogen-bond donors (Lipinski definition) is 1. The average Bonchev–Trinajstić information content (AvgIpc) is 3.14. The second kappa shape index (κ2) is 9.07. The van der Waals surface area contributed by atoms with Gasteiger partial charge in [0.1, 0.15) is 0 Å². The van der Waals surface area contributed by atoms with Crippen LogP contribution in [0, 0.1) is 12.8 Å². The van der Waals surface area contributed by atoms with Crippen LogP contribution in [0.3, 0.4) is 0 Å². The zero-order valence-electron chi connectivity index (χ0n) is 18.3. The highest BCUT2D eigenvalue weighted by Gasteiger charge is 2.18. The van der Waals surface area contributed by atoms with Gasteiger partial charge in [-0.1, -0.05) is 13.8 Å². The van der Waals surface area contributed by atoms with Gasteiger partial charge in [-0.15, -0.1) is 0 Å². The van der Waals surface area contributed by atoms with E-state index in [1.165, 1.54) is 0 Å². The fourth-order valence-corrected chi connectivity index (χ4v) is 2.97. The Bertz CT molecular complexity index is 1130. The van der Waals surface area contributed by atoms with Crippen LogP contribution in [-0.4, -0.2) is 39.0 Å². The van der Waals surface area contributed by atoms with Crippen molar-refractivity contribution in [2.45, 2.75) is 40.7 Å². The van der Waals surface area contributed by atoms with Crippen molar-refractivity contribution < 1.29 is 19.1 Å². The van der Waals surface area contributed by atoms with E-state index in [-0.39, 0.29) is 30.3 Å². The van der Waals surface area contributed by atoms with E-state index in [0.717, 1.165) is 5.39 Å². The molecule has 0 saturated heterocycles. The lowest BCUT2D eigenvalue weighted by Crippen LogP contribution is -2.18. The van der Waals surface area contributed by atoms with Gasteiger partial charge < -0.3 is 10.1 Å². The molecule has 0 aliphatic rings. The summed E-state index contributed by atoms with van der Waals surface area (Å²) in [6, 6.07) is 8.29. The maximum atomic E-state index is 12.5. The molecule has 8 heteroatoms. The minimum Gasteiger partial charge on any atom is -0.454 e. The summed E-state index contributed by atoms with van der Waals surface area (Å²) in [6.45, 7) is 8.93. The molecule has 0 bridgehead atoms. The topological polar surface area (TPSA) is 103 Å². The van der Waals surface area contributed by atoms with Crippen molar-refractivity contribution in [1.29, 1.82) is 0 Å². The molecule has 1 aromatic carbocycles. The summed E-state index contributed by atoms with van der Waals surface area (Å²) in [5.74, 6) is -1.20. The molecule has 0 unspecified atom stereocenters. The number of pyridine rings is 1. The number of nitrogens with zero attached hydrogens (tertiary/aromatic N) is 3. The highest BCUT2D eigenvalue weighted by atomic mass is 16.5. The van der Waals surface area contributed by atoms with Crippen LogP contribution in [0.25, 0.3) is 11.0 Å². The number of carbonyl (C=O) groups excluding carboxylic acids is 3. The third-order valence-corrected chi connectivity index (χ3v) is 4.80. The molecule has 0 aliphatic heterocycles. The molecule has 2 heterocycles. The molecule has 162 valence electrons. The lowest BCUT2D eigenvalue weighted by atomic mass is 10.1. The maximum Gasteiger partial charge on any atom is 0.340 e. The lowest BCUT2D eigenvalue weighted by molar-refractivity contribution is -0.118. The predicted octanol–water partition coefficient (Wildman–Crippen LogP) is 3.95. The summed E-state index contributed by atoms with van der Waals surface area (Å²) in [5.41, 5.74) is 2.50. The van der Waals surface area contributed by atoms with Crippen molar-refractivity contribution in [3.63, 3.8) is 0 Å². The average molecular weight is 422 g/mol. The summed E-state index contributed by atoms with van der Waals surface area (Å²) >= 11 is 0. The monoisotopic (exact) mass is 422 g/mol. The molecule has 0 fully saturated rings. The van der Waals surface area contributed by atoms with Crippen LogP contribution in [0.2, 0.25) is 0 Å². The SMILES string of the molecule is Cc1nc2c(cnn2C(C)C)cc1C(=O)OCC(=O)c1ccc(NC(=O)C(C)C)cc1. The molecule has 31 heavy (non-hydrogen) atoms. The number of ketones is 1. The van der Waals surface area contributed by atoms with Gasteiger partial charge in [-0.3, -0.25) is 9.59 Å². The summed E-state index contributed by atoms with van der Waals surface area (Å²) in [7, 11) is 0. The van der Waals surface area contributed by atoms with Gasteiger partial charge in [0.05, 0.1) is 17.5 Å². The van der Waals surface area contributed by atoms with Crippen molar-refractivity contribution in [3.05, 3.63) is 53.3 Å². The van der Waals surface area contributed by atoms with E-state index >= 15 is 0 Å². The zero-order valence-corrected chi connectivity index (χ0v) is 18.3. The van der Waals surface area contributed by atoms with E-state index in [4.69, 9.17) is 4.74 Å². The summed E-state index contributed by atoms with van der Waals surface area (Å²) in [4.78, 5) is 41.2. The Balaban J connectivity index is 1.66. The molecule has 0 atom stereocenters. The quantitative estimate of drug-likeness (QED) is 0.457. The van der Waals surface area contributed by atoms with E-state index in [9.17, 15) is 14.4 Å². The van der Waals surface area contributed by atoms with Gasteiger partial charge in [0.2, 0.25) is 5.91 Å². The number of anilines is 1. The van der Waals surface area contributed by atoms with E-state index in [0.29, 0.717) is 28.2 Å². The molecule has 0 radical (unpaired) electrons. The molecule has 0 spiro atoms. The van der Waals surface area contributed by atoms with Crippen molar-refractivity contribution in [2.24, 2.45) is 5.92 Å². The second-order valence-electron chi connectivity index (χ2n) is 7.94. The first-order valence-corrected chi connectivity index (χ1v) is 10.1. The number of esters is 1. The van der Waals surface area contributed by atoms with Crippen LogP contribution < -0.4 is 5.32 Å². The predicted molar refractivity (Wildman–Crippen MR) is 117 cm³/mol. The van der Waals surface area contributed by atoms with Gasteiger partial charge in [0, 0.05) is 28.6 Å². The number of carbonyl (C=O) groups is 3. The normalized spacial score (nSPS) is 11.2. The molecule has 3 rings (SSSR count). The van der Waals surface area contributed by atoms with Crippen molar-refractivity contribution in [2.75, 3.05) is 11.9 Å². The molecular formula is C23H26N4O4. The first kappa shape index (κ1) is 22.1. The van der Waals surface area contributed by atoms with Crippen molar-refractivity contribution in [1.82, 2.24) is 14.8 Å². The van der Waals surface area contributed by atoms with Crippen molar-refractivity contribution in [3.8, 4) is 0 Å². The second-order valence-corrected chi connectivity index (χ2v) is 7.94. The molecule has 8 nitrogen and oxygen atoms in total. The van der Waals surface area contributed by atoms with Crippen LogP contribution >= 0.6 is 0 Å². The van der Waals surface area contributed by atoms with Gasteiger partial charge >= 0.3 is 5.97 Å². The van der Waals surface area contributed by atoms with Crippen LogP contribution in [-0.2, 0) is 9.53 Å². The largest absolute Gasteiger partial charge is 0.454 e. The molecule has 0 aliphatic carbocycles. The fourth-order valence-electron chi connectivity index (χ4n) is 2.97. The Labute approximate surface area is 180 Å². The number of hydrogen-bond acceptors (Lipinski definition) is 6. The van der Waals surface area contributed by atoms with E-state index < -0.39 is 5.97 Å². The van der Waals surface area contributed by atoms with Gasteiger partial charge in [-0.2, -0.15) is 5.10 Å². The van der Waals surface area contributed by atoms with Crippen LogP contribution in [0.15, 0.2) is 36.5 Å². The Kier molecular flexibility index (Phi) is 6.48. The zero-order chi connectivity index (χ0) is 22.7. The number of nitrogens with one attached hydrogen (secondary N) is 1. The first-order chi connectivity index (χ1) is 14.7. The fraction of sp³-hybridized carbons (Fsp3) is 0.348. The molecule has 1 N–H and O–H groups in total. The number of ether oxygens (including phenoxy) is 1. The van der Waals surface area contributed by atoms with E-state index in [2.05, 4.69) is 15.4 Å². The lowest BCUT2D eigenvalue weighted by Gasteiger charge is -2.10. The number of amides is 1. The molecule has 3 aromatic rings. The Morgan fingerprint density at radius 3 is 2.39 bits per heavy atom. The smallest absolute Gasteiger partial charge is 0.340 e. The van der Waals surface area contributed by atoms with Crippen LogP contribution in [0.4, 0.5) is 5.69 Å². The van der Waals surface area contributed by atoms with Gasteiger partial charge in [-0.25, -0.2) is 14.5 Å². The van der Waals surface area contributed by atoms with Crippen molar-refractivity contribution >= 4 is 34.4 Å². The molecule has 1 amide bonds. The number of fused-ring (bicyclic) bond motifs is 1. The third kappa shape index (κ3) is 4.96. The summed E-state index contributed by atoms with van der Waals surface area (Å²) in [5, 5.41) is 7.80. The number of benzene rings is 1. The molecule has 0 saturated carbocycles. The molecular weight excluding hydrogens is 396 g/mol. The van der Waals surface area contributed by atoms with Gasteiger partial charge in [0.15, 0.2) is 18.0 Å². The number of aryl methyl sites for hydroxylation is 1.